The van der Waals surface area contributed by atoms with E-state index in [1.165, 1.54) is 0 Å². The van der Waals surface area contributed by atoms with Gasteiger partial charge in [-0.25, -0.2) is 0 Å². The Hall–Kier alpha value is -0.600. The van der Waals surface area contributed by atoms with E-state index in [4.69, 9.17) is 28.9 Å². The lowest BCUT2D eigenvalue weighted by Gasteiger charge is -2.09. The van der Waals surface area contributed by atoms with E-state index in [0.29, 0.717) is 15.7 Å². The lowest BCUT2D eigenvalue weighted by Crippen LogP contribution is -2.01. The first-order valence-electron chi connectivity index (χ1n) is 4.13. The molecule has 0 amide bonds. The molecule has 0 atom stereocenters. The molecule has 0 heterocycles. The van der Waals surface area contributed by atoms with Gasteiger partial charge in [0.25, 0.3) is 0 Å². The molecule has 0 aliphatic heterocycles. The van der Waals surface area contributed by atoms with E-state index in [1.807, 2.05) is 0 Å². The fourth-order valence-corrected chi connectivity index (χ4v) is 1.65. The predicted octanol–water partition coefficient (Wildman–Crippen LogP) is 3.40. The van der Waals surface area contributed by atoms with Gasteiger partial charge in [0.15, 0.2) is 0 Å². The predicted molar refractivity (Wildman–Crippen MR) is 59.7 cm³/mol. The summed E-state index contributed by atoms with van der Waals surface area (Å²) in [5.74, 6) is 0. The molecule has 0 aliphatic rings. The molecule has 2 nitrogen and oxygen atoms in total. The van der Waals surface area contributed by atoms with Gasteiger partial charge < -0.3 is 11.1 Å². The molecule has 3 N–H and O–H groups in total. The molecular formula is C9H12Cl2N2. The topological polar surface area (TPSA) is 38.0 Å². The second-order valence-electron chi connectivity index (χ2n) is 2.79. The molecule has 0 aromatic heterocycles. The van der Waals surface area contributed by atoms with Crippen molar-refractivity contribution in [3.8, 4) is 0 Å². The zero-order chi connectivity index (χ0) is 9.84. The van der Waals surface area contributed by atoms with E-state index in [1.54, 1.807) is 12.1 Å². The minimum absolute atomic E-state index is 0.568. The van der Waals surface area contributed by atoms with Gasteiger partial charge in [-0.2, -0.15) is 0 Å². The van der Waals surface area contributed by atoms with Crippen LogP contribution < -0.4 is 11.1 Å². The highest BCUT2D eigenvalue weighted by atomic mass is 35.5. The van der Waals surface area contributed by atoms with E-state index in [2.05, 4.69) is 12.2 Å². The highest BCUT2D eigenvalue weighted by Crippen LogP contribution is 2.32. The van der Waals surface area contributed by atoms with Crippen molar-refractivity contribution in [1.82, 2.24) is 0 Å². The van der Waals surface area contributed by atoms with Gasteiger partial charge in [0, 0.05) is 12.2 Å². The molecule has 1 rings (SSSR count). The maximum Gasteiger partial charge on any atom is 0.0720 e. The number of nitrogens with one attached hydrogen (secondary N) is 1. The number of nitrogen functional groups attached to an aromatic ring is 1. The number of hydrogen-bond acceptors (Lipinski definition) is 2. The molecule has 0 saturated heterocycles. The summed E-state index contributed by atoms with van der Waals surface area (Å²) in [5, 5.41) is 4.27. The smallest absolute Gasteiger partial charge is 0.0720 e. The quantitative estimate of drug-likeness (QED) is 0.764. The first kappa shape index (κ1) is 10.5. The SMILES string of the molecule is CCCNc1c(Cl)cc(N)cc1Cl. The largest absolute Gasteiger partial charge is 0.399 e. The van der Waals surface area contributed by atoms with Gasteiger partial charge >= 0.3 is 0 Å². The summed E-state index contributed by atoms with van der Waals surface area (Å²) in [5.41, 5.74) is 6.90. The fourth-order valence-electron chi connectivity index (χ4n) is 1.01. The zero-order valence-electron chi connectivity index (χ0n) is 7.40. The Kier molecular flexibility index (Phi) is 3.70. The van der Waals surface area contributed by atoms with Crippen molar-refractivity contribution in [2.45, 2.75) is 13.3 Å². The maximum absolute atomic E-state index is 5.94. The Labute approximate surface area is 88.0 Å². The molecule has 0 spiro atoms. The zero-order valence-corrected chi connectivity index (χ0v) is 8.91. The van der Waals surface area contributed by atoms with Crippen LogP contribution in [0.25, 0.3) is 0 Å². The second kappa shape index (κ2) is 4.58. The number of anilines is 2. The average molecular weight is 219 g/mol. The Morgan fingerprint density at radius 1 is 1.31 bits per heavy atom. The number of hydrogen-bond donors (Lipinski definition) is 2. The molecule has 4 heteroatoms. The van der Waals surface area contributed by atoms with Crippen LogP contribution >= 0.6 is 23.2 Å². The highest BCUT2D eigenvalue weighted by Gasteiger charge is 2.05. The summed E-state index contributed by atoms with van der Waals surface area (Å²) >= 11 is 11.9. The van der Waals surface area contributed by atoms with Crippen LogP contribution in [-0.2, 0) is 0 Å². The maximum atomic E-state index is 5.94. The lowest BCUT2D eigenvalue weighted by molar-refractivity contribution is 0.980. The van der Waals surface area contributed by atoms with E-state index in [-0.39, 0.29) is 0 Å². The molecule has 0 aliphatic carbocycles. The van der Waals surface area contributed by atoms with Gasteiger partial charge in [-0.1, -0.05) is 30.1 Å². The van der Waals surface area contributed by atoms with Crippen molar-refractivity contribution in [3.05, 3.63) is 22.2 Å². The summed E-state index contributed by atoms with van der Waals surface area (Å²) < 4.78 is 0. The molecule has 1 aromatic rings. The monoisotopic (exact) mass is 218 g/mol. The van der Waals surface area contributed by atoms with E-state index < -0.39 is 0 Å². The van der Waals surface area contributed by atoms with Gasteiger partial charge in [-0.15, -0.1) is 0 Å². The Bertz CT molecular complexity index is 277. The van der Waals surface area contributed by atoms with Crippen LogP contribution in [0.5, 0.6) is 0 Å². The molecule has 0 fully saturated rings. The third-order valence-corrected chi connectivity index (χ3v) is 2.21. The molecule has 72 valence electrons. The number of benzene rings is 1. The molecule has 0 radical (unpaired) electrons. The van der Waals surface area contributed by atoms with Crippen LogP contribution in [0.15, 0.2) is 12.1 Å². The Balaban J connectivity index is 2.92. The summed E-state index contributed by atoms with van der Waals surface area (Å²) in [6.07, 6.45) is 1.02. The average Bonchev–Trinajstić information content (AvgIpc) is 2.02. The Morgan fingerprint density at radius 2 is 1.85 bits per heavy atom. The summed E-state index contributed by atoms with van der Waals surface area (Å²) in [7, 11) is 0. The van der Waals surface area contributed by atoms with Crippen molar-refractivity contribution in [2.75, 3.05) is 17.6 Å². The standard InChI is InChI=1S/C9H12Cl2N2/c1-2-3-13-9-7(10)4-6(12)5-8(9)11/h4-5,13H,2-3,12H2,1H3. The molecule has 1 aromatic carbocycles. The molecular weight excluding hydrogens is 207 g/mol. The fraction of sp³-hybridized carbons (Fsp3) is 0.333. The normalized spacial score (nSPS) is 10.1. The van der Waals surface area contributed by atoms with Crippen molar-refractivity contribution < 1.29 is 0 Å². The highest BCUT2D eigenvalue weighted by molar-refractivity contribution is 6.39. The Morgan fingerprint density at radius 3 is 2.31 bits per heavy atom. The molecule has 0 bridgehead atoms. The minimum atomic E-state index is 0.568. The first-order valence-corrected chi connectivity index (χ1v) is 4.89. The summed E-state index contributed by atoms with van der Waals surface area (Å²) in [6.45, 7) is 2.93. The van der Waals surface area contributed by atoms with Gasteiger partial charge in [-0.05, 0) is 18.6 Å². The van der Waals surface area contributed by atoms with E-state index in [9.17, 15) is 0 Å². The first-order chi connectivity index (χ1) is 6.15. The summed E-state index contributed by atoms with van der Waals surface area (Å²) in [6, 6.07) is 3.37. The van der Waals surface area contributed by atoms with Crippen LogP contribution in [0.4, 0.5) is 11.4 Å². The van der Waals surface area contributed by atoms with E-state index >= 15 is 0 Å². The van der Waals surface area contributed by atoms with Crippen molar-refractivity contribution in [1.29, 1.82) is 0 Å². The third kappa shape index (κ3) is 2.68. The van der Waals surface area contributed by atoms with Gasteiger partial charge in [0.2, 0.25) is 0 Å². The number of rotatable bonds is 3. The number of halogens is 2. The third-order valence-electron chi connectivity index (χ3n) is 1.62. The van der Waals surface area contributed by atoms with Crippen molar-refractivity contribution in [3.63, 3.8) is 0 Å². The van der Waals surface area contributed by atoms with Crippen LogP contribution in [0.2, 0.25) is 10.0 Å². The van der Waals surface area contributed by atoms with Crippen LogP contribution in [0.3, 0.4) is 0 Å². The van der Waals surface area contributed by atoms with Crippen molar-refractivity contribution in [2.24, 2.45) is 0 Å². The van der Waals surface area contributed by atoms with Crippen LogP contribution in [0, 0.1) is 0 Å². The minimum Gasteiger partial charge on any atom is -0.399 e. The summed E-state index contributed by atoms with van der Waals surface area (Å²) in [4.78, 5) is 0. The second-order valence-corrected chi connectivity index (χ2v) is 3.60. The van der Waals surface area contributed by atoms with Gasteiger partial charge in [-0.3, -0.25) is 0 Å². The van der Waals surface area contributed by atoms with E-state index in [0.717, 1.165) is 18.7 Å². The molecule has 0 unspecified atom stereocenters. The number of nitrogens with two attached hydrogens (primary N) is 1. The van der Waals surface area contributed by atoms with Crippen LogP contribution in [0.1, 0.15) is 13.3 Å². The molecule has 13 heavy (non-hydrogen) atoms. The molecule has 0 saturated carbocycles. The van der Waals surface area contributed by atoms with Gasteiger partial charge in [0.05, 0.1) is 15.7 Å². The van der Waals surface area contributed by atoms with Crippen LogP contribution in [-0.4, -0.2) is 6.54 Å². The van der Waals surface area contributed by atoms with Crippen molar-refractivity contribution >= 4 is 34.6 Å². The lowest BCUT2D eigenvalue weighted by atomic mass is 10.2. The van der Waals surface area contributed by atoms with Gasteiger partial charge in [0.1, 0.15) is 0 Å².